The molecule has 0 fully saturated rings. The van der Waals surface area contributed by atoms with Crippen LogP contribution < -0.4 is 4.90 Å². The number of unbranched alkanes of at least 4 members (excludes halogenated alkanes) is 4. The van der Waals surface area contributed by atoms with Gasteiger partial charge in [-0.1, -0.05) is 49.6 Å². The summed E-state index contributed by atoms with van der Waals surface area (Å²) >= 11 is 4.55. The number of rotatable bonds is 25. The lowest BCUT2D eigenvalue weighted by Gasteiger charge is -2.31. The van der Waals surface area contributed by atoms with Crippen molar-refractivity contribution >= 4 is 109 Å². The Morgan fingerprint density at radius 3 is 1.94 bits per heavy atom. The lowest BCUT2D eigenvalue weighted by atomic mass is 9.75. The number of carboxylic acids is 1. The molecule has 0 saturated heterocycles. The van der Waals surface area contributed by atoms with Crippen LogP contribution in [0.4, 0.5) is 11.4 Å². The Bertz CT molecular complexity index is 2680. The van der Waals surface area contributed by atoms with E-state index in [1.54, 1.807) is 30.4 Å². The summed E-state index contributed by atoms with van der Waals surface area (Å²) in [5.41, 5.74) is 3.14. The van der Waals surface area contributed by atoms with E-state index in [0.717, 1.165) is 30.5 Å². The van der Waals surface area contributed by atoms with E-state index in [2.05, 4.69) is 63.1 Å². The number of hydrogen-bond donors (Lipinski definition) is 4. The number of allylic oxidation sites excluding steroid dienone is 8. The van der Waals surface area contributed by atoms with Crippen LogP contribution in [0.25, 0.3) is 0 Å². The molecule has 0 bridgehead atoms. The van der Waals surface area contributed by atoms with Gasteiger partial charge in [-0.25, -0.2) is 8.42 Å². The normalized spacial score (nSPS) is 20.1. The van der Waals surface area contributed by atoms with Crippen LogP contribution in [0, 0.1) is 7.14 Å². The summed E-state index contributed by atoms with van der Waals surface area (Å²) in [4.78, 5) is 12.8. The van der Waals surface area contributed by atoms with Gasteiger partial charge in [-0.2, -0.15) is 29.8 Å². The molecular weight excluding hydrogens is 1140 g/mol. The molecule has 354 valence electrons. The summed E-state index contributed by atoms with van der Waals surface area (Å²) in [6.07, 6.45) is 16.7. The van der Waals surface area contributed by atoms with Crippen molar-refractivity contribution in [3.63, 3.8) is 0 Å². The number of benzene rings is 2. The van der Waals surface area contributed by atoms with Gasteiger partial charge in [0.05, 0.1) is 27.6 Å². The van der Waals surface area contributed by atoms with Gasteiger partial charge in [0.25, 0.3) is 30.4 Å². The summed E-state index contributed by atoms with van der Waals surface area (Å²) in [6, 6.07) is 8.12. The minimum absolute atomic E-state index is 0.0707. The fraction of sp³-hybridized carbons (Fsp3) is 0.476. The number of hydrogen-bond acceptors (Lipinski definition) is 11. The average Bonchev–Trinajstić information content (AvgIpc) is 3.52. The molecule has 64 heavy (non-hydrogen) atoms. The van der Waals surface area contributed by atoms with E-state index >= 15 is 0 Å². The van der Waals surface area contributed by atoms with Crippen LogP contribution in [0.2, 0.25) is 0 Å². The Morgan fingerprint density at radius 2 is 1.31 bits per heavy atom. The van der Waals surface area contributed by atoms with Crippen LogP contribution in [-0.4, -0.2) is 104 Å². The highest BCUT2D eigenvalue weighted by Gasteiger charge is 2.48. The molecule has 22 heteroatoms. The molecule has 2 aliphatic heterocycles. The standard InChI is InChI=1S/C42H54I2N2O14S4/c1-41(21-11-13-25-61(49,50)51)33-30-32(64(58,59)60)19-20-35(33)45(23-12-14-26-62(52,53)54)37(41)16-7-4-3-5-8-17-38-42(2,22-10-6-9-18-39(47)48)40-34(44)28-31(43)29-36(40)46(38)24-15-27-63(55,56)57/h3-5,7-8,16-17,19-20,28-30H,6,9-15,18,21-27H2,1-2H3,(H4-,47,48,49,50,51,52,53,54,55,56,57,58,59,60). The van der Waals surface area contributed by atoms with Crippen LogP contribution >= 0.6 is 45.2 Å². The van der Waals surface area contributed by atoms with Crippen molar-refractivity contribution in [1.29, 1.82) is 0 Å². The van der Waals surface area contributed by atoms with Gasteiger partial charge in [0, 0.05) is 66.6 Å². The predicted molar refractivity (Wildman–Crippen MR) is 261 cm³/mol. The van der Waals surface area contributed by atoms with Crippen LogP contribution in [0.5, 0.6) is 0 Å². The quantitative estimate of drug-likeness (QED) is 0.0246. The summed E-state index contributed by atoms with van der Waals surface area (Å²) in [7, 11) is -17.5. The highest BCUT2D eigenvalue weighted by atomic mass is 127. The Hall–Kier alpha value is -2.56. The molecule has 0 radical (unpaired) electrons. The minimum atomic E-state index is -4.86. The van der Waals surface area contributed by atoms with Gasteiger partial charge in [-0.3, -0.25) is 18.5 Å². The van der Waals surface area contributed by atoms with Crippen LogP contribution in [0.1, 0.15) is 95.6 Å². The van der Waals surface area contributed by atoms with E-state index in [0.29, 0.717) is 55.6 Å². The summed E-state index contributed by atoms with van der Waals surface area (Å²) < 4.78 is 138. The number of aliphatic carboxylic acids is 1. The molecular formula is C42H54I2N2O14S4. The Morgan fingerprint density at radius 1 is 0.734 bits per heavy atom. The molecule has 0 saturated carbocycles. The smallest absolute Gasteiger partial charge is 0.303 e. The molecule has 4 N–H and O–H groups in total. The van der Waals surface area contributed by atoms with Crippen LogP contribution in [-0.2, 0) is 56.1 Å². The second-order valence-electron chi connectivity index (χ2n) is 16.3. The fourth-order valence-corrected chi connectivity index (χ4v) is 13.0. The zero-order valence-electron chi connectivity index (χ0n) is 35.4. The first kappa shape index (κ1) is 54.0. The van der Waals surface area contributed by atoms with Crippen molar-refractivity contribution < 1.29 is 66.4 Å². The first-order valence-electron chi connectivity index (χ1n) is 20.5. The number of halogens is 2. The third-order valence-electron chi connectivity index (χ3n) is 11.4. The second-order valence-corrected chi connectivity index (χ2v) is 24.8. The van der Waals surface area contributed by atoms with E-state index < -0.39 is 79.4 Å². The molecule has 2 unspecified atom stereocenters. The van der Waals surface area contributed by atoms with Gasteiger partial charge in [-0.05, 0) is 128 Å². The number of nitrogens with zero attached hydrogens (tertiary/aromatic N) is 2. The van der Waals surface area contributed by atoms with E-state index in [-0.39, 0.29) is 38.6 Å². The van der Waals surface area contributed by atoms with Crippen molar-refractivity contribution in [2.24, 2.45) is 0 Å². The zero-order chi connectivity index (χ0) is 47.7. The van der Waals surface area contributed by atoms with E-state index in [9.17, 15) is 56.7 Å². The van der Waals surface area contributed by atoms with Crippen LogP contribution in [0.3, 0.4) is 0 Å². The highest BCUT2D eigenvalue weighted by molar-refractivity contribution is 14.1. The first-order valence-corrected chi connectivity index (χ1v) is 28.9. The minimum Gasteiger partial charge on any atom is -0.744 e. The van der Waals surface area contributed by atoms with Gasteiger partial charge in [0.1, 0.15) is 16.7 Å². The molecule has 0 aromatic heterocycles. The molecule has 0 amide bonds. The van der Waals surface area contributed by atoms with Crippen molar-refractivity contribution in [2.75, 3.05) is 35.2 Å². The van der Waals surface area contributed by atoms with Gasteiger partial charge >= 0.3 is 5.97 Å². The SMILES string of the molecule is CC1(CCCCS(=O)(=O)O)C(/C=C/C=C/C=C/C=C2\N(CCCS(=O)(=O)O)c3cc(I)cc(I)c3C2(C)CCCCCC(=O)O)=[N+](CCCCS(=O)(=O)O)c2ccc(S(=O)(=O)[O-])cc21. The van der Waals surface area contributed by atoms with Gasteiger partial charge < -0.3 is 14.6 Å². The van der Waals surface area contributed by atoms with E-state index in [1.807, 2.05) is 29.7 Å². The molecule has 2 aromatic carbocycles. The average molecular weight is 1190 g/mol. The van der Waals surface area contributed by atoms with E-state index in [1.165, 1.54) is 18.2 Å². The molecule has 0 aliphatic carbocycles. The lowest BCUT2D eigenvalue weighted by Crippen LogP contribution is -2.32. The van der Waals surface area contributed by atoms with Crippen LogP contribution in [0.15, 0.2) is 83.5 Å². The molecule has 2 heterocycles. The monoisotopic (exact) mass is 1190 g/mol. The van der Waals surface area contributed by atoms with Gasteiger partial charge in [-0.15, -0.1) is 0 Å². The highest BCUT2D eigenvalue weighted by Crippen LogP contribution is 2.53. The van der Waals surface area contributed by atoms with E-state index in [4.69, 9.17) is 5.11 Å². The number of anilines is 1. The maximum Gasteiger partial charge on any atom is 0.303 e. The maximum absolute atomic E-state index is 12.1. The molecule has 2 aromatic rings. The summed E-state index contributed by atoms with van der Waals surface area (Å²) in [6.45, 7) is 4.52. The third kappa shape index (κ3) is 15.2. The molecule has 2 aliphatic rings. The second kappa shape index (κ2) is 22.5. The van der Waals surface area contributed by atoms with Crippen molar-refractivity contribution in [3.8, 4) is 0 Å². The van der Waals surface area contributed by atoms with Crippen molar-refractivity contribution in [2.45, 2.75) is 100 Å². The van der Waals surface area contributed by atoms with Gasteiger partial charge in [0.2, 0.25) is 5.69 Å². The molecule has 2 atom stereocenters. The number of carbonyl (C=O) groups is 1. The fourth-order valence-electron chi connectivity index (χ4n) is 8.47. The molecule has 16 nitrogen and oxygen atoms in total. The number of carboxylic acid groups (broad SMARTS) is 1. The number of fused-ring (bicyclic) bond motifs is 2. The Kier molecular flexibility index (Phi) is 19.0. The summed E-state index contributed by atoms with van der Waals surface area (Å²) in [5.74, 6) is -2.23. The Balaban J connectivity index is 1.72. The maximum atomic E-state index is 12.1. The molecule has 0 spiro atoms. The summed E-state index contributed by atoms with van der Waals surface area (Å²) in [5, 5.41) is 9.17. The predicted octanol–water partition coefficient (Wildman–Crippen LogP) is 7.53. The molecule has 4 rings (SSSR count). The third-order valence-corrected chi connectivity index (χ3v) is 16.1. The first-order chi connectivity index (χ1) is 29.7. The largest absolute Gasteiger partial charge is 0.744 e. The Labute approximate surface area is 404 Å². The van der Waals surface area contributed by atoms with Crippen molar-refractivity contribution in [1.82, 2.24) is 0 Å². The zero-order valence-corrected chi connectivity index (χ0v) is 43.0. The van der Waals surface area contributed by atoms with Crippen molar-refractivity contribution in [3.05, 3.63) is 96.8 Å². The topological polar surface area (TPSA) is 264 Å². The lowest BCUT2D eigenvalue weighted by molar-refractivity contribution is -0.438. The van der Waals surface area contributed by atoms with Gasteiger partial charge in [0.15, 0.2) is 5.71 Å².